The quantitative estimate of drug-likeness (QED) is 0.0488. The number of hydrogen-bond acceptors (Lipinski definition) is 19. The molecule has 0 aromatic heterocycles. The van der Waals surface area contributed by atoms with Crippen LogP contribution < -0.4 is 58.5 Å². The zero-order valence-electron chi connectivity index (χ0n) is 58.9. The summed E-state index contributed by atoms with van der Waals surface area (Å²) in [6, 6.07) is 3.12. The van der Waals surface area contributed by atoms with Crippen LogP contribution in [0.1, 0.15) is 168 Å². The number of phenols is 1. The fraction of sp³-hybridized carbons (Fsp3) is 0.652. The molecule has 0 unspecified atom stereocenters. The maximum atomic E-state index is 14.7. The molecule has 30 heteroatoms. The van der Waals surface area contributed by atoms with Gasteiger partial charge in [-0.2, -0.15) is 0 Å². The Bertz CT molecular complexity index is 3010. The number of benzene rings is 2. The first-order chi connectivity index (χ1) is 44.1. The van der Waals surface area contributed by atoms with E-state index in [1.165, 1.54) is 6.07 Å². The third-order valence-electron chi connectivity index (χ3n) is 13.0. The van der Waals surface area contributed by atoms with Gasteiger partial charge >= 0.3 is 36.6 Å². The zero-order chi connectivity index (χ0) is 72.7. The second-order valence-corrected chi connectivity index (χ2v) is 29.3. The number of phenolic OH excluding ortho intramolecular Hbond substituents is 1. The average molecular weight is 1360 g/mol. The number of ether oxygens (including phenoxy) is 6. The standard InChI is InChI=1S/C66H105N11O19/c1-61(2,3)91-55(85)68-29-20-24-42(72-57(87)93-63(7,8)9)35-69-50(80)44(75-58(88)94-64(10,11)12)25-21-28-67-52(82)48(77-60(90)96-66(16,17)18)37-70-51(81)45-31-38-22-19-23-39(30-38)40-26-27-49(79)41(32-40)33-46(76-59(89)95-65(13,14)15)53(83)74-47(54(84)73-45)34-43(78)36-71-56(86)92-62(4,5)6/h19,22-23,26-27,30,32,42-48,78-79H,20-21,24-25,28-29,31,33-37H2,1-18H3,(H,67,82)(H,68,85)(H,69,80)(H,70,81)(H,71,86)(H,72,87)(H,73,84)(H,74,83)(H,75,88)(H,76,89)(H,77,90)/t42-,43+,44-,45-,46-,47-,48-/m0/s1. The smallest absolute Gasteiger partial charge is 0.408 e. The predicted octanol–water partition coefficient (Wildman–Crippen LogP) is 5.41. The molecule has 2 aromatic rings. The maximum absolute atomic E-state index is 14.7. The highest BCUT2D eigenvalue weighted by Gasteiger charge is 2.35. The molecule has 0 aliphatic carbocycles. The van der Waals surface area contributed by atoms with Gasteiger partial charge in [-0.3, -0.25) is 24.0 Å². The van der Waals surface area contributed by atoms with Gasteiger partial charge in [0.25, 0.3) is 0 Å². The van der Waals surface area contributed by atoms with Gasteiger partial charge in [0.05, 0.1) is 6.10 Å². The van der Waals surface area contributed by atoms with Gasteiger partial charge in [-0.15, -0.1) is 0 Å². The number of aliphatic hydroxyl groups is 1. The number of nitrogens with one attached hydrogen (secondary N) is 11. The molecule has 1 heterocycles. The summed E-state index contributed by atoms with van der Waals surface area (Å²) < 4.78 is 32.5. The summed E-state index contributed by atoms with van der Waals surface area (Å²) in [7, 11) is 0. The minimum Gasteiger partial charge on any atom is -0.508 e. The SMILES string of the molecule is CC(C)(C)OC(=O)NCCC[C@@H](CNC(=O)[C@H](CCCNC(=O)[C@H](CNC(=O)[C@@H]1Cc2cccc(c2)-c2ccc(O)c(c2)C[C@H](NC(=O)OC(C)(C)C)C(=O)N[C@@H](C[C@@H](O)CNC(=O)OC(C)(C)C)C(=O)N1)NC(=O)OC(C)(C)C)NC(=O)OC(C)(C)C)NC(=O)OC(C)(C)C. The molecular formula is C66H105N11O19. The Balaban J connectivity index is 1.99. The van der Waals surface area contributed by atoms with E-state index in [1.807, 2.05) is 0 Å². The molecule has 0 spiro atoms. The van der Waals surface area contributed by atoms with Gasteiger partial charge < -0.3 is 97.1 Å². The number of aliphatic hydroxyl groups excluding tert-OH is 1. The Labute approximate surface area is 562 Å². The van der Waals surface area contributed by atoms with E-state index < -0.39 is 162 Å². The summed E-state index contributed by atoms with van der Waals surface area (Å²) in [6.07, 6.45) is -7.52. The number of alkyl carbamates (subject to hydrolysis) is 6. The van der Waals surface area contributed by atoms with Gasteiger partial charge in [0.15, 0.2) is 0 Å². The second kappa shape index (κ2) is 35.8. The highest BCUT2D eigenvalue weighted by molar-refractivity contribution is 5.95. The number of fused-ring (bicyclic) bond motifs is 5. The van der Waals surface area contributed by atoms with Crippen LogP contribution in [0.3, 0.4) is 0 Å². The lowest BCUT2D eigenvalue weighted by Crippen LogP contribution is -2.59. The van der Waals surface area contributed by atoms with Crippen LogP contribution in [-0.2, 0) is 65.2 Å². The number of carbonyl (C=O) groups excluding carboxylic acids is 11. The molecule has 538 valence electrons. The first-order valence-corrected chi connectivity index (χ1v) is 32.1. The molecule has 3 rings (SSSR count). The molecule has 4 bridgehead atoms. The van der Waals surface area contributed by atoms with Gasteiger partial charge in [-0.25, -0.2) is 28.8 Å². The Kier molecular flexibility index (Phi) is 30.3. The highest BCUT2D eigenvalue weighted by atomic mass is 16.6. The van der Waals surface area contributed by atoms with E-state index in [0.717, 1.165) is 0 Å². The van der Waals surface area contributed by atoms with E-state index in [-0.39, 0.29) is 63.1 Å². The van der Waals surface area contributed by atoms with E-state index in [0.29, 0.717) is 23.1 Å². The van der Waals surface area contributed by atoms with E-state index in [2.05, 4.69) is 58.5 Å². The molecule has 0 saturated heterocycles. The van der Waals surface area contributed by atoms with Crippen molar-refractivity contribution in [2.24, 2.45) is 0 Å². The lowest BCUT2D eigenvalue weighted by atomic mass is 9.96. The highest BCUT2D eigenvalue weighted by Crippen LogP contribution is 2.29. The summed E-state index contributed by atoms with van der Waals surface area (Å²) in [6.45, 7) is 28.3. The van der Waals surface area contributed by atoms with Crippen LogP contribution in [0.5, 0.6) is 5.75 Å². The van der Waals surface area contributed by atoms with Crippen LogP contribution in [-0.4, -0.2) is 185 Å². The van der Waals surface area contributed by atoms with E-state index >= 15 is 0 Å². The molecule has 0 saturated carbocycles. The normalized spacial score (nSPS) is 16.8. The summed E-state index contributed by atoms with van der Waals surface area (Å²) >= 11 is 0. The van der Waals surface area contributed by atoms with Crippen LogP contribution in [0.4, 0.5) is 28.8 Å². The Morgan fingerprint density at radius 1 is 0.500 bits per heavy atom. The average Bonchev–Trinajstić information content (AvgIpc) is 1.19. The van der Waals surface area contributed by atoms with Gasteiger partial charge in [0.1, 0.15) is 69.6 Å². The number of carbonyl (C=O) groups is 11. The van der Waals surface area contributed by atoms with Crippen molar-refractivity contribution in [3.63, 3.8) is 0 Å². The third kappa shape index (κ3) is 34.0. The minimum atomic E-state index is -1.70. The fourth-order valence-corrected chi connectivity index (χ4v) is 9.02. The molecule has 11 amide bonds. The van der Waals surface area contributed by atoms with Crippen molar-refractivity contribution in [3.05, 3.63) is 53.6 Å². The molecule has 2 aromatic carbocycles. The van der Waals surface area contributed by atoms with Gasteiger partial charge in [-0.1, -0.05) is 30.3 Å². The number of aromatic hydroxyl groups is 1. The summed E-state index contributed by atoms with van der Waals surface area (Å²) in [5.74, 6) is -4.68. The Hall–Kier alpha value is -8.83. The van der Waals surface area contributed by atoms with E-state index in [9.17, 15) is 63.0 Å². The largest absolute Gasteiger partial charge is 0.508 e. The first kappa shape index (κ1) is 81.4. The maximum Gasteiger partial charge on any atom is 0.408 e. The predicted molar refractivity (Wildman–Crippen MR) is 354 cm³/mol. The monoisotopic (exact) mass is 1360 g/mol. The van der Waals surface area contributed by atoms with Crippen LogP contribution >= 0.6 is 0 Å². The number of rotatable bonds is 23. The van der Waals surface area contributed by atoms with Crippen LogP contribution in [0.2, 0.25) is 0 Å². The molecule has 1 aliphatic rings. The van der Waals surface area contributed by atoms with Crippen molar-refractivity contribution in [1.29, 1.82) is 0 Å². The van der Waals surface area contributed by atoms with Crippen LogP contribution in [0, 0.1) is 0 Å². The van der Waals surface area contributed by atoms with E-state index in [1.54, 1.807) is 161 Å². The lowest BCUT2D eigenvalue weighted by molar-refractivity contribution is -0.133. The molecular weight excluding hydrogens is 1250 g/mol. The summed E-state index contributed by atoms with van der Waals surface area (Å²) in [5, 5.41) is 51.2. The summed E-state index contributed by atoms with van der Waals surface area (Å²) in [5.41, 5.74) is -3.72. The topological polar surface area (TPSA) is 416 Å². The van der Waals surface area contributed by atoms with Gasteiger partial charge in [0.2, 0.25) is 29.5 Å². The van der Waals surface area contributed by atoms with Crippen molar-refractivity contribution in [2.75, 3.05) is 32.7 Å². The third-order valence-corrected chi connectivity index (χ3v) is 13.0. The molecule has 0 fully saturated rings. The minimum absolute atomic E-state index is 0.0149. The van der Waals surface area contributed by atoms with Crippen molar-refractivity contribution in [2.45, 2.75) is 246 Å². The van der Waals surface area contributed by atoms with Crippen molar-refractivity contribution in [3.8, 4) is 16.9 Å². The number of hydrogen-bond donors (Lipinski definition) is 13. The fourth-order valence-electron chi connectivity index (χ4n) is 9.02. The van der Waals surface area contributed by atoms with Gasteiger partial charge in [-0.05, 0) is 185 Å². The van der Waals surface area contributed by atoms with Crippen molar-refractivity contribution >= 4 is 66.1 Å². The van der Waals surface area contributed by atoms with Crippen LogP contribution in [0.15, 0.2) is 42.5 Å². The number of amides is 11. The second-order valence-electron chi connectivity index (χ2n) is 29.3. The van der Waals surface area contributed by atoms with E-state index in [4.69, 9.17) is 28.4 Å². The Morgan fingerprint density at radius 2 is 0.990 bits per heavy atom. The van der Waals surface area contributed by atoms with Gasteiger partial charge in [0, 0.05) is 58.0 Å². The molecule has 96 heavy (non-hydrogen) atoms. The summed E-state index contributed by atoms with van der Waals surface area (Å²) in [4.78, 5) is 150. The van der Waals surface area contributed by atoms with Crippen molar-refractivity contribution < 1.29 is 91.4 Å². The molecule has 1 aliphatic heterocycles. The first-order valence-electron chi connectivity index (χ1n) is 32.1. The van der Waals surface area contributed by atoms with Crippen LogP contribution in [0.25, 0.3) is 11.1 Å². The molecule has 7 atom stereocenters. The Morgan fingerprint density at radius 3 is 1.56 bits per heavy atom. The van der Waals surface area contributed by atoms with Crippen molar-refractivity contribution in [1.82, 2.24) is 58.5 Å². The molecule has 0 radical (unpaired) electrons. The molecule has 13 N–H and O–H groups in total. The lowest BCUT2D eigenvalue weighted by Gasteiger charge is -2.28. The molecule has 30 nitrogen and oxygen atoms in total. The zero-order valence-corrected chi connectivity index (χ0v) is 58.9.